The van der Waals surface area contributed by atoms with Crippen LogP contribution in [0.5, 0.6) is 0 Å². The number of benzene rings is 2. The van der Waals surface area contributed by atoms with Gasteiger partial charge in [0.1, 0.15) is 0 Å². The van der Waals surface area contributed by atoms with Crippen LogP contribution in [0.15, 0.2) is 48.5 Å². The van der Waals surface area contributed by atoms with E-state index in [0.717, 1.165) is 11.3 Å². The molecule has 0 heterocycles. The highest BCUT2D eigenvalue weighted by Gasteiger charge is 2.16. The molecule has 1 N–H and O–H groups in total. The molecule has 0 bridgehead atoms. The van der Waals surface area contributed by atoms with Crippen LogP contribution in [0.1, 0.15) is 22.0 Å². The fourth-order valence-electron chi connectivity index (χ4n) is 2.51. The molecule has 2 rings (SSSR count). The fourth-order valence-corrected chi connectivity index (χ4v) is 2.70. The molecule has 0 aliphatic rings. The maximum absolute atomic E-state index is 12.3. The summed E-state index contributed by atoms with van der Waals surface area (Å²) in [4.78, 5) is 16.5. The lowest BCUT2D eigenvalue weighted by atomic mass is 10.0. The number of nitrogens with one attached hydrogen (secondary N) is 1. The lowest BCUT2D eigenvalue weighted by Gasteiger charge is -2.26. The van der Waals surface area contributed by atoms with E-state index in [4.69, 9.17) is 11.6 Å². The van der Waals surface area contributed by atoms with Crippen molar-refractivity contribution in [3.63, 3.8) is 0 Å². The molecule has 1 unspecified atom stereocenters. The van der Waals surface area contributed by atoms with Crippen LogP contribution in [0.3, 0.4) is 0 Å². The number of likely N-dealkylation sites (N-methyl/N-ethyl adjacent to an activating group) is 1. The monoisotopic (exact) mass is 345 g/mol. The number of hydrogen-bond donors (Lipinski definition) is 1. The number of carbonyl (C=O) groups is 1. The van der Waals surface area contributed by atoms with E-state index in [1.807, 2.05) is 28.2 Å². The Labute approximate surface area is 149 Å². The van der Waals surface area contributed by atoms with Crippen LogP contribution in [0.2, 0.25) is 5.02 Å². The molecule has 0 radical (unpaired) electrons. The van der Waals surface area contributed by atoms with Gasteiger partial charge in [-0.05, 0) is 50.0 Å². The van der Waals surface area contributed by atoms with Crippen LogP contribution in [-0.4, -0.2) is 45.5 Å². The Kier molecular flexibility index (Phi) is 6.23. The molecular weight excluding hydrogens is 322 g/mol. The summed E-state index contributed by atoms with van der Waals surface area (Å²) in [5.74, 6) is -0.116. The SMILES string of the molecule is CN(C)c1ccc(C(CNC(=O)c2cccc(Cl)c2)N(C)C)cc1. The van der Waals surface area contributed by atoms with Crippen LogP contribution < -0.4 is 10.2 Å². The summed E-state index contributed by atoms with van der Waals surface area (Å²) in [6.45, 7) is 0.527. The van der Waals surface area contributed by atoms with Crippen molar-refractivity contribution in [3.05, 3.63) is 64.7 Å². The Morgan fingerprint density at radius 1 is 1.08 bits per heavy atom. The molecule has 128 valence electrons. The van der Waals surface area contributed by atoms with Crippen LogP contribution in [0.25, 0.3) is 0 Å². The third kappa shape index (κ3) is 4.73. The molecule has 1 amide bonds. The number of nitrogens with zero attached hydrogens (tertiary/aromatic N) is 2. The minimum absolute atomic E-state index is 0.101. The number of carbonyl (C=O) groups excluding carboxylic acids is 1. The summed E-state index contributed by atoms with van der Waals surface area (Å²) in [6.07, 6.45) is 0. The van der Waals surface area contributed by atoms with Crippen molar-refractivity contribution < 1.29 is 4.79 Å². The molecular formula is C19H24ClN3O. The highest BCUT2D eigenvalue weighted by atomic mass is 35.5. The fraction of sp³-hybridized carbons (Fsp3) is 0.316. The predicted octanol–water partition coefficient (Wildman–Crippen LogP) is 3.44. The van der Waals surface area contributed by atoms with E-state index < -0.39 is 0 Å². The first kappa shape index (κ1) is 18.3. The first-order chi connectivity index (χ1) is 11.4. The second-order valence-corrected chi connectivity index (χ2v) is 6.62. The standard InChI is InChI=1S/C19H24ClN3O/c1-22(2)17-10-8-14(9-11-17)18(23(3)4)13-21-19(24)15-6-5-7-16(20)12-15/h5-12,18H,13H2,1-4H3,(H,21,24). The second kappa shape index (κ2) is 8.18. The van der Waals surface area contributed by atoms with Crippen molar-refractivity contribution in [2.24, 2.45) is 0 Å². The summed E-state index contributed by atoms with van der Waals surface area (Å²) in [5.41, 5.74) is 2.89. The average molecular weight is 346 g/mol. The van der Waals surface area contributed by atoms with E-state index in [1.54, 1.807) is 24.3 Å². The highest BCUT2D eigenvalue weighted by Crippen LogP contribution is 2.21. The van der Waals surface area contributed by atoms with E-state index >= 15 is 0 Å². The minimum atomic E-state index is -0.116. The zero-order chi connectivity index (χ0) is 17.7. The first-order valence-corrected chi connectivity index (χ1v) is 8.23. The van der Waals surface area contributed by atoms with Gasteiger partial charge in [-0.25, -0.2) is 0 Å². The molecule has 0 fully saturated rings. The van der Waals surface area contributed by atoms with Gasteiger partial charge in [-0.1, -0.05) is 29.8 Å². The van der Waals surface area contributed by atoms with Gasteiger partial charge in [-0.15, -0.1) is 0 Å². The van der Waals surface area contributed by atoms with Gasteiger partial charge >= 0.3 is 0 Å². The van der Waals surface area contributed by atoms with Gasteiger partial charge in [0.2, 0.25) is 0 Å². The Morgan fingerprint density at radius 2 is 1.75 bits per heavy atom. The summed E-state index contributed by atoms with van der Waals surface area (Å²) in [5, 5.41) is 3.55. The molecule has 0 aliphatic carbocycles. The van der Waals surface area contributed by atoms with E-state index in [-0.39, 0.29) is 11.9 Å². The number of amides is 1. The largest absolute Gasteiger partial charge is 0.378 e. The van der Waals surface area contributed by atoms with E-state index in [2.05, 4.69) is 39.4 Å². The molecule has 0 aromatic heterocycles. The van der Waals surface area contributed by atoms with Crippen molar-refractivity contribution >= 4 is 23.2 Å². The predicted molar refractivity (Wildman–Crippen MR) is 101 cm³/mol. The van der Waals surface area contributed by atoms with Crippen molar-refractivity contribution in [3.8, 4) is 0 Å². The molecule has 4 nitrogen and oxygen atoms in total. The maximum atomic E-state index is 12.3. The lowest BCUT2D eigenvalue weighted by molar-refractivity contribution is 0.0942. The highest BCUT2D eigenvalue weighted by molar-refractivity contribution is 6.30. The molecule has 0 saturated heterocycles. The summed E-state index contributed by atoms with van der Waals surface area (Å²) in [6, 6.07) is 15.5. The maximum Gasteiger partial charge on any atom is 0.251 e. The van der Waals surface area contributed by atoms with Gasteiger partial charge in [0.15, 0.2) is 0 Å². The molecule has 2 aromatic carbocycles. The Balaban J connectivity index is 2.07. The molecule has 0 saturated carbocycles. The molecule has 2 aromatic rings. The van der Waals surface area contributed by atoms with Gasteiger partial charge < -0.3 is 15.1 Å². The second-order valence-electron chi connectivity index (χ2n) is 6.19. The Hall–Kier alpha value is -2.04. The molecule has 0 aliphatic heterocycles. The average Bonchev–Trinajstić information content (AvgIpc) is 2.55. The van der Waals surface area contributed by atoms with Gasteiger partial charge in [-0.3, -0.25) is 4.79 Å². The van der Waals surface area contributed by atoms with Crippen LogP contribution in [0, 0.1) is 0 Å². The third-order valence-corrected chi connectivity index (χ3v) is 4.20. The number of rotatable bonds is 6. The lowest BCUT2D eigenvalue weighted by Crippen LogP contribution is -2.34. The zero-order valence-electron chi connectivity index (χ0n) is 14.6. The Bertz CT molecular complexity index is 683. The minimum Gasteiger partial charge on any atom is -0.378 e. The normalized spacial score (nSPS) is 12.1. The topological polar surface area (TPSA) is 35.6 Å². The quantitative estimate of drug-likeness (QED) is 0.871. The van der Waals surface area contributed by atoms with E-state index in [1.165, 1.54) is 0 Å². The van der Waals surface area contributed by atoms with E-state index in [9.17, 15) is 4.79 Å². The first-order valence-electron chi connectivity index (χ1n) is 7.86. The van der Waals surface area contributed by atoms with Crippen molar-refractivity contribution in [2.75, 3.05) is 39.6 Å². The summed E-state index contributed by atoms with van der Waals surface area (Å²) in [7, 11) is 8.05. The van der Waals surface area contributed by atoms with Crippen molar-refractivity contribution in [2.45, 2.75) is 6.04 Å². The van der Waals surface area contributed by atoms with Crippen LogP contribution >= 0.6 is 11.6 Å². The smallest absolute Gasteiger partial charge is 0.251 e. The number of hydrogen-bond acceptors (Lipinski definition) is 3. The number of halogens is 1. The van der Waals surface area contributed by atoms with Gasteiger partial charge in [0.25, 0.3) is 5.91 Å². The number of anilines is 1. The molecule has 5 heteroatoms. The Morgan fingerprint density at radius 3 is 2.29 bits per heavy atom. The zero-order valence-corrected chi connectivity index (χ0v) is 15.3. The van der Waals surface area contributed by atoms with E-state index in [0.29, 0.717) is 17.1 Å². The van der Waals surface area contributed by atoms with Crippen molar-refractivity contribution in [1.82, 2.24) is 10.2 Å². The molecule has 24 heavy (non-hydrogen) atoms. The van der Waals surface area contributed by atoms with Gasteiger partial charge in [0.05, 0.1) is 6.04 Å². The molecule has 1 atom stereocenters. The third-order valence-electron chi connectivity index (χ3n) is 3.96. The van der Waals surface area contributed by atoms with Crippen molar-refractivity contribution in [1.29, 1.82) is 0 Å². The summed E-state index contributed by atoms with van der Waals surface area (Å²) >= 11 is 5.95. The molecule has 0 spiro atoms. The van der Waals surface area contributed by atoms with Gasteiger partial charge in [-0.2, -0.15) is 0 Å². The summed E-state index contributed by atoms with van der Waals surface area (Å²) < 4.78 is 0. The van der Waals surface area contributed by atoms with Gasteiger partial charge in [0, 0.05) is 36.9 Å². The van der Waals surface area contributed by atoms with Crippen LogP contribution in [-0.2, 0) is 0 Å². The van der Waals surface area contributed by atoms with Crippen LogP contribution in [0.4, 0.5) is 5.69 Å².